The molecule has 0 saturated heterocycles. The van der Waals surface area contributed by atoms with Crippen LogP contribution in [0.25, 0.3) is 0 Å². The topological polar surface area (TPSA) is 17.1 Å². The maximum Gasteiger partial charge on any atom is 0.127 e. The Morgan fingerprint density at radius 2 is 2.25 bits per heavy atom. The summed E-state index contributed by atoms with van der Waals surface area (Å²) in [7, 11) is 0. The first-order valence-corrected chi connectivity index (χ1v) is 4.73. The minimum Gasteiger partial charge on any atom is -0.303 e. The van der Waals surface area contributed by atoms with Gasteiger partial charge in [-0.1, -0.05) is 40.5 Å². The van der Waals surface area contributed by atoms with Gasteiger partial charge in [0.1, 0.15) is 6.29 Å². The van der Waals surface area contributed by atoms with Gasteiger partial charge in [0.05, 0.1) is 0 Å². The van der Waals surface area contributed by atoms with Gasteiger partial charge in [-0.15, -0.1) is 0 Å². The van der Waals surface area contributed by atoms with E-state index in [0.29, 0.717) is 5.02 Å². The average molecular weight is 248 g/mol. The van der Waals surface area contributed by atoms with Gasteiger partial charge in [-0.25, -0.2) is 0 Å². The molecule has 1 atom stereocenters. The zero-order chi connectivity index (χ0) is 9.14. The quantitative estimate of drug-likeness (QED) is 0.732. The van der Waals surface area contributed by atoms with E-state index in [1.165, 1.54) is 0 Å². The highest BCUT2D eigenvalue weighted by molar-refractivity contribution is 9.10. The number of aldehydes is 1. The second-order valence-electron chi connectivity index (χ2n) is 2.56. The van der Waals surface area contributed by atoms with Crippen molar-refractivity contribution in [3.63, 3.8) is 0 Å². The molecule has 0 aliphatic carbocycles. The van der Waals surface area contributed by atoms with Crippen LogP contribution in [-0.2, 0) is 4.79 Å². The molecule has 0 N–H and O–H groups in total. The first kappa shape index (κ1) is 9.75. The largest absolute Gasteiger partial charge is 0.303 e. The standard InChI is InChI=1S/C9H8BrClO/c1-6(5-12)9-7(10)3-2-4-8(9)11/h2-6H,1H3. The summed E-state index contributed by atoms with van der Waals surface area (Å²) < 4.78 is 0.884. The van der Waals surface area contributed by atoms with E-state index in [0.717, 1.165) is 16.3 Å². The van der Waals surface area contributed by atoms with E-state index in [1.54, 1.807) is 6.07 Å². The van der Waals surface area contributed by atoms with Crippen LogP contribution in [0, 0.1) is 0 Å². The lowest BCUT2D eigenvalue weighted by Gasteiger charge is -2.08. The van der Waals surface area contributed by atoms with Crippen molar-refractivity contribution in [2.24, 2.45) is 0 Å². The van der Waals surface area contributed by atoms with Crippen molar-refractivity contribution >= 4 is 33.8 Å². The number of hydrogen-bond acceptors (Lipinski definition) is 1. The zero-order valence-corrected chi connectivity index (χ0v) is 8.89. The van der Waals surface area contributed by atoms with E-state index in [1.807, 2.05) is 19.1 Å². The molecule has 1 rings (SSSR count). The highest BCUT2D eigenvalue weighted by Crippen LogP contribution is 2.30. The minimum atomic E-state index is -0.159. The summed E-state index contributed by atoms with van der Waals surface area (Å²) >= 11 is 9.26. The maximum absolute atomic E-state index is 10.5. The van der Waals surface area contributed by atoms with E-state index in [-0.39, 0.29) is 5.92 Å². The molecule has 0 heterocycles. The molecule has 1 aromatic rings. The number of hydrogen-bond donors (Lipinski definition) is 0. The predicted octanol–water partition coefficient (Wildman–Crippen LogP) is 3.40. The van der Waals surface area contributed by atoms with Gasteiger partial charge in [-0.05, 0) is 17.7 Å². The third kappa shape index (κ3) is 1.87. The van der Waals surface area contributed by atoms with Crippen molar-refractivity contribution in [1.82, 2.24) is 0 Å². The van der Waals surface area contributed by atoms with Crippen LogP contribution in [0.1, 0.15) is 18.4 Å². The average Bonchev–Trinajstić information content (AvgIpc) is 2.03. The second-order valence-corrected chi connectivity index (χ2v) is 3.82. The van der Waals surface area contributed by atoms with Crippen LogP contribution in [-0.4, -0.2) is 6.29 Å². The smallest absolute Gasteiger partial charge is 0.127 e. The Bertz CT molecular complexity index is 278. The fourth-order valence-corrected chi connectivity index (χ4v) is 2.20. The molecule has 0 bridgehead atoms. The van der Waals surface area contributed by atoms with Crippen molar-refractivity contribution < 1.29 is 4.79 Å². The highest BCUT2D eigenvalue weighted by Gasteiger charge is 2.11. The number of rotatable bonds is 2. The lowest BCUT2D eigenvalue weighted by atomic mass is 10.0. The van der Waals surface area contributed by atoms with E-state index in [2.05, 4.69) is 15.9 Å². The van der Waals surface area contributed by atoms with E-state index < -0.39 is 0 Å². The Morgan fingerprint density at radius 1 is 1.58 bits per heavy atom. The normalized spacial score (nSPS) is 12.6. The molecular weight excluding hydrogens is 239 g/mol. The Morgan fingerprint density at radius 3 is 2.75 bits per heavy atom. The summed E-state index contributed by atoms with van der Waals surface area (Å²) in [6.07, 6.45) is 0.881. The van der Waals surface area contributed by atoms with Crippen LogP contribution >= 0.6 is 27.5 Å². The molecular formula is C9H8BrClO. The first-order valence-electron chi connectivity index (χ1n) is 3.56. The van der Waals surface area contributed by atoms with Crippen LogP contribution < -0.4 is 0 Å². The Balaban J connectivity index is 3.20. The SMILES string of the molecule is CC(C=O)c1c(Cl)cccc1Br. The highest BCUT2D eigenvalue weighted by atomic mass is 79.9. The molecule has 64 valence electrons. The van der Waals surface area contributed by atoms with Crippen molar-refractivity contribution in [2.45, 2.75) is 12.8 Å². The molecule has 12 heavy (non-hydrogen) atoms. The predicted molar refractivity (Wildman–Crippen MR) is 53.6 cm³/mol. The third-order valence-electron chi connectivity index (χ3n) is 1.66. The Hall–Kier alpha value is -0.340. The zero-order valence-electron chi connectivity index (χ0n) is 6.55. The molecule has 0 aliphatic heterocycles. The number of carbonyl (C=O) groups excluding carboxylic acids is 1. The molecule has 0 radical (unpaired) electrons. The van der Waals surface area contributed by atoms with E-state index >= 15 is 0 Å². The lowest BCUT2D eigenvalue weighted by Crippen LogP contribution is -1.96. The molecule has 0 saturated carbocycles. The molecule has 0 amide bonds. The second kappa shape index (κ2) is 4.06. The molecule has 0 aliphatic rings. The first-order chi connectivity index (χ1) is 5.66. The molecule has 1 aromatic carbocycles. The van der Waals surface area contributed by atoms with Crippen LogP contribution in [0.2, 0.25) is 5.02 Å². The molecule has 1 nitrogen and oxygen atoms in total. The summed E-state index contributed by atoms with van der Waals surface area (Å²) in [5.74, 6) is -0.159. The Kier molecular flexibility index (Phi) is 3.29. The van der Waals surface area contributed by atoms with Crippen molar-refractivity contribution in [2.75, 3.05) is 0 Å². The maximum atomic E-state index is 10.5. The van der Waals surface area contributed by atoms with Gasteiger partial charge in [0, 0.05) is 15.4 Å². The monoisotopic (exact) mass is 246 g/mol. The summed E-state index contributed by atoms with van der Waals surface area (Å²) in [6.45, 7) is 1.82. The molecule has 0 spiro atoms. The van der Waals surface area contributed by atoms with Gasteiger partial charge in [-0.2, -0.15) is 0 Å². The summed E-state index contributed by atoms with van der Waals surface area (Å²) in [5, 5.41) is 0.629. The van der Waals surface area contributed by atoms with Gasteiger partial charge in [-0.3, -0.25) is 0 Å². The number of carbonyl (C=O) groups is 1. The van der Waals surface area contributed by atoms with Crippen LogP contribution in [0.5, 0.6) is 0 Å². The van der Waals surface area contributed by atoms with Crippen molar-refractivity contribution in [3.05, 3.63) is 33.3 Å². The van der Waals surface area contributed by atoms with Gasteiger partial charge in [0.15, 0.2) is 0 Å². The minimum absolute atomic E-state index is 0.159. The van der Waals surface area contributed by atoms with Crippen molar-refractivity contribution in [1.29, 1.82) is 0 Å². The van der Waals surface area contributed by atoms with Gasteiger partial charge >= 0.3 is 0 Å². The lowest BCUT2D eigenvalue weighted by molar-refractivity contribution is -0.108. The summed E-state index contributed by atoms with van der Waals surface area (Å²) in [4.78, 5) is 10.5. The van der Waals surface area contributed by atoms with Crippen LogP contribution in [0.15, 0.2) is 22.7 Å². The van der Waals surface area contributed by atoms with Crippen LogP contribution in [0.3, 0.4) is 0 Å². The van der Waals surface area contributed by atoms with Gasteiger partial charge in [0.25, 0.3) is 0 Å². The molecule has 0 fully saturated rings. The fraction of sp³-hybridized carbons (Fsp3) is 0.222. The van der Waals surface area contributed by atoms with Gasteiger partial charge in [0.2, 0.25) is 0 Å². The van der Waals surface area contributed by atoms with E-state index in [4.69, 9.17) is 11.6 Å². The molecule has 1 unspecified atom stereocenters. The van der Waals surface area contributed by atoms with E-state index in [9.17, 15) is 4.79 Å². The molecule has 3 heteroatoms. The third-order valence-corrected chi connectivity index (χ3v) is 2.68. The number of benzene rings is 1. The number of halogens is 2. The summed E-state index contributed by atoms with van der Waals surface area (Å²) in [5.41, 5.74) is 0.856. The van der Waals surface area contributed by atoms with Crippen molar-refractivity contribution in [3.8, 4) is 0 Å². The van der Waals surface area contributed by atoms with Crippen LogP contribution in [0.4, 0.5) is 0 Å². The molecule has 0 aromatic heterocycles. The fourth-order valence-electron chi connectivity index (χ4n) is 1.01. The Labute approximate surface area is 84.9 Å². The van der Waals surface area contributed by atoms with Gasteiger partial charge < -0.3 is 4.79 Å². The summed E-state index contributed by atoms with van der Waals surface area (Å²) in [6, 6.07) is 5.50.